The summed E-state index contributed by atoms with van der Waals surface area (Å²) in [5.74, 6) is 1.12. The van der Waals surface area contributed by atoms with Gasteiger partial charge in [0.2, 0.25) is 0 Å². The van der Waals surface area contributed by atoms with Gasteiger partial charge in [0.15, 0.2) is 12.1 Å². The lowest BCUT2D eigenvalue weighted by Crippen LogP contribution is -2.41. The van der Waals surface area contributed by atoms with E-state index in [1.165, 1.54) is 0 Å². The summed E-state index contributed by atoms with van der Waals surface area (Å²) in [6.07, 6.45) is 1.71. The van der Waals surface area contributed by atoms with Gasteiger partial charge in [-0.2, -0.15) is 0 Å². The van der Waals surface area contributed by atoms with Crippen molar-refractivity contribution in [2.24, 2.45) is 5.92 Å². The second kappa shape index (κ2) is 7.37. The van der Waals surface area contributed by atoms with Crippen molar-refractivity contribution in [1.29, 1.82) is 0 Å². The molecule has 2 fully saturated rings. The highest BCUT2D eigenvalue weighted by atomic mass is 16.7. The molecule has 0 spiro atoms. The monoisotopic (exact) mass is 378 g/mol. The Balaban J connectivity index is 1.35. The molecule has 5 rings (SSSR count). The van der Waals surface area contributed by atoms with Gasteiger partial charge < -0.3 is 18.9 Å². The van der Waals surface area contributed by atoms with E-state index in [2.05, 4.69) is 5.16 Å². The number of piperidine rings is 1. The van der Waals surface area contributed by atoms with Crippen LogP contribution in [-0.2, 0) is 9.47 Å². The van der Waals surface area contributed by atoms with Crippen molar-refractivity contribution in [3.63, 3.8) is 0 Å². The molecule has 0 aliphatic carbocycles. The first kappa shape index (κ1) is 17.4. The second-order valence-corrected chi connectivity index (χ2v) is 7.35. The third-order valence-corrected chi connectivity index (χ3v) is 5.62. The number of carbonyl (C=O) groups is 1. The molecule has 6 nitrogen and oxygen atoms in total. The molecule has 0 unspecified atom stereocenters. The molecule has 2 aliphatic heterocycles. The lowest BCUT2D eigenvalue weighted by Gasteiger charge is -2.33. The number of carbonyl (C=O) groups excluding carboxylic acids is 1. The van der Waals surface area contributed by atoms with E-state index in [1.807, 2.05) is 53.4 Å². The summed E-state index contributed by atoms with van der Waals surface area (Å²) in [7, 11) is 0. The van der Waals surface area contributed by atoms with Gasteiger partial charge in [-0.05, 0) is 31.0 Å². The lowest BCUT2D eigenvalue weighted by molar-refractivity contribution is -0.0956. The first-order chi connectivity index (χ1) is 13.8. The van der Waals surface area contributed by atoms with Crippen LogP contribution in [0.5, 0.6) is 0 Å². The van der Waals surface area contributed by atoms with Crippen LogP contribution in [0.3, 0.4) is 0 Å². The zero-order valence-corrected chi connectivity index (χ0v) is 15.5. The van der Waals surface area contributed by atoms with Crippen molar-refractivity contribution in [1.82, 2.24) is 10.1 Å². The van der Waals surface area contributed by atoms with Crippen molar-refractivity contribution >= 4 is 16.8 Å². The van der Waals surface area contributed by atoms with Crippen LogP contribution in [0.1, 0.15) is 23.2 Å². The van der Waals surface area contributed by atoms with E-state index in [1.54, 1.807) is 0 Å². The van der Waals surface area contributed by atoms with Crippen LogP contribution in [0.2, 0.25) is 0 Å². The molecule has 0 radical (unpaired) electrons. The fraction of sp³-hybridized carbons (Fsp3) is 0.364. The number of rotatable bonds is 3. The van der Waals surface area contributed by atoms with Gasteiger partial charge in [0.25, 0.3) is 5.91 Å². The Morgan fingerprint density at radius 2 is 1.75 bits per heavy atom. The lowest BCUT2D eigenvalue weighted by atomic mass is 9.95. The Morgan fingerprint density at radius 1 is 1.00 bits per heavy atom. The zero-order chi connectivity index (χ0) is 18.9. The highest BCUT2D eigenvalue weighted by Crippen LogP contribution is 2.30. The Kier molecular flexibility index (Phi) is 4.58. The molecule has 0 saturated carbocycles. The molecule has 6 heteroatoms. The van der Waals surface area contributed by atoms with E-state index < -0.39 is 0 Å². The third kappa shape index (κ3) is 3.19. The van der Waals surface area contributed by atoms with Crippen molar-refractivity contribution in [2.75, 3.05) is 26.3 Å². The van der Waals surface area contributed by atoms with Gasteiger partial charge in [-0.15, -0.1) is 0 Å². The molecule has 2 saturated heterocycles. The number of hydrogen-bond acceptors (Lipinski definition) is 5. The summed E-state index contributed by atoms with van der Waals surface area (Å²) in [4.78, 5) is 15.0. The third-order valence-electron chi connectivity index (χ3n) is 5.62. The maximum Gasteiger partial charge on any atom is 0.253 e. The number of amides is 1. The summed E-state index contributed by atoms with van der Waals surface area (Å²) in [5, 5.41) is 5.00. The maximum absolute atomic E-state index is 13.1. The van der Waals surface area contributed by atoms with Gasteiger partial charge in [0.1, 0.15) is 5.52 Å². The van der Waals surface area contributed by atoms with Gasteiger partial charge in [-0.25, -0.2) is 0 Å². The van der Waals surface area contributed by atoms with E-state index in [0.29, 0.717) is 30.5 Å². The molecule has 0 N–H and O–H groups in total. The van der Waals surface area contributed by atoms with Crippen LogP contribution in [0.15, 0.2) is 53.1 Å². The van der Waals surface area contributed by atoms with Crippen molar-refractivity contribution in [3.8, 4) is 11.3 Å². The van der Waals surface area contributed by atoms with Crippen LogP contribution >= 0.6 is 0 Å². The number of benzene rings is 2. The maximum atomic E-state index is 13.1. The highest BCUT2D eigenvalue weighted by Gasteiger charge is 2.32. The fourth-order valence-corrected chi connectivity index (χ4v) is 4.08. The minimum atomic E-state index is -0.0981. The van der Waals surface area contributed by atoms with E-state index >= 15 is 0 Å². The Hall–Kier alpha value is -2.70. The summed E-state index contributed by atoms with van der Waals surface area (Å²) in [6, 6.07) is 15.4. The average Bonchev–Trinajstić information content (AvgIpc) is 3.44. The number of fused-ring (bicyclic) bond motifs is 1. The number of nitrogens with zero attached hydrogens (tertiary/aromatic N) is 2. The topological polar surface area (TPSA) is 64.8 Å². The standard InChI is InChI=1S/C22H22N2O4/c25-21(24-10-8-16(9-11-24)22-26-12-13-27-22)17-6-7-19-18(14-17)20(28-23-19)15-4-2-1-3-5-15/h1-7,14,16,22H,8-13H2. The molecule has 3 aromatic rings. The SMILES string of the molecule is O=C(c1ccc2noc(-c3ccccc3)c2c1)N1CCC(C2OCCO2)CC1. The molecule has 0 bridgehead atoms. The van der Waals surface area contributed by atoms with Gasteiger partial charge in [0, 0.05) is 30.1 Å². The number of ether oxygens (including phenoxy) is 2. The molecule has 2 aliphatic rings. The first-order valence-electron chi connectivity index (χ1n) is 9.77. The normalized spacial score (nSPS) is 18.8. The van der Waals surface area contributed by atoms with Gasteiger partial charge in [-0.3, -0.25) is 4.79 Å². The van der Waals surface area contributed by atoms with E-state index in [4.69, 9.17) is 14.0 Å². The molecular weight excluding hydrogens is 356 g/mol. The minimum absolute atomic E-state index is 0.0498. The molecule has 1 amide bonds. The fourth-order valence-electron chi connectivity index (χ4n) is 4.08. The van der Waals surface area contributed by atoms with Crippen LogP contribution in [0.4, 0.5) is 0 Å². The van der Waals surface area contributed by atoms with Crippen molar-refractivity contribution in [2.45, 2.75) is 19.1 Å². The minimum Gasteiger partial charge on any atom is -0.355 e. The van der Waals surface area contributed by atoms with Gasteiger partial charge in [0.05, 0.1) is 18.6 Å². The smallest absolute Gasteiger partial charge is 0.253 e. The van der Waals surface area contributed by atoms with Gasteiger partial charge >= 0.3 is 0 Å². The molecular formula is C22H22N2O4. The van der Waals surface area contributed by atoms with Gasteiger partial charge in [-0.1, -0.05) is 35.5 Å². The Labute approximate surface area is 163 Å². The first-order valence-corrected chi connectivity index (χ1v) is 9.77. The predicted molar refractivity (Wildman–Crippen MR) is 104 cm³/mol. The summed E-state index contributed by atoms with van der Waals surface area (Å²) >= 11 is 0. The number of hydrogen-bond donors (Lipinski definition) is 0. The predicted octanol–water partition coefficient (Wildman–Crippen LogP) is 3.72. The number of likely N-dealkylation sites (tertiary alicyclic amines) is 1. The highest BCUT2D eigenvalue weighted by molar-refractivity contribution is 6.01. The molecule has 1 aromatic heterocycles. The van der Waals surface area contributed by atoms with E-state index in [0.717, 1.165) is 42.4 Å². The van der Waals surface area contributed by atoms with Crippen LogP contribution in [0, 0.1) is 5.92 Å². The Morgan fingerprint density at radius 3 is 2.50 bits per heavy atom. The van der Waals surface area contributed by atoms with Crippen LogP contribution in [0.25, 0.3) is 22.2 Å². The Bertz CT molecular complexity index is 971. The van der Waals surface area contributed by atoms with Crippen LogP contribution < -0.4 is 0 Å². The summed E-state index contributed by atoms with van der Waals surface area (Å²) in [5.41, 5.74) is 2.37. The number of aromatic nitrogens is 1. The zero-order valence-electron chi connectivity index (χ0n) is 15.5. The van der Waals surface area contributed by atoms with E-state index in [-0.39, 0.29) is 12.2 Å². The van der Waals surface area contributed by atoms with Crippen molar-refractivity contribution < 1.29 is 18.8 Å². The van der Waals surface area contributed by atoms with E-state index in [9.17, 15) is 4.79 Å². The average molecular weight is 378 g/mol. The summed E-state index contributed by atoms with van der Waals surface area (Å²) < 4.78 is 16.8. The molecule has 28 heavy (non-hydrogen) atoms. The van der Waals surface area contributed by atoms with Crippen molar-refractivity contribution in [3.05, 3.63) is 54.1 Å². The molecule has 2 aromatic carbocycles. The van der Waals surface area contributed by atoms with Crippen LogP contribution in [-0.4, -0.2) is 48.6 Å². The molecule has 144 valence electrons. The molecule has 0 atom stereocenters. The largest absolute Gasteiger partial charge is 0.355 e. The summed E-state index contributed by atoms with van der Waals surface area (Å²) in [6.45, 7) is 2.79. The second-order valence-electron chi connectivity index (χ2n) is 7.35. The molecule has 3 heterocycles. The quantitative estimate of drug-likeness (QED) is 0.695.